The number of hydrogen-bond acceptors (Lipinski definition) is 4. The minimum atomic E-state index is -0.381. The van der Waals surface area contributed by atoms with Crippen molar-refractivity contribution in [1.82, 2.24) is 0 Å². The minimum absolute atomic E-state index is 0.113. The van der Waals surface area contributed by atoms with Crippen molar-refractivity contribution >= 4 is 23.5 Å². The van der Waals surface area contributed by atoms with E-state index in [0.717, 1.165) is 16.9 Å². The van der Waals surface area contributed by atoms with E-state index < -0.39 is 0 Å². The molecule has 1 aliphatic heterocycles. The Bertz CT molecular complexity index is 655. The van der Waals surface area contributed by atoms with Gasteiger partial charge in [0, 0.05) is 35.4 Å². The zero-order chi connectivity index (χ0) is 14.1. The number of anilines is 1. The Labute approximate surface area is 117 Å². The molecule has 102 valence electrons. The number of ketones is 1. The van der Waals surface area contributed by atoms with Crippen LogP contribution in [0.3, 0.4) is 0 Å². The van der Waals surface area contributed by atoms with Crippen LogP contribution < -0.4 is 5.32 Å². The summed E-state index contributed by atoms with van der Waals surface area (Å²) >= 11 is 0. The average Bonchev–Trinajstić information content (AvgIpc) is 2.77. The molecule has 1 aliphatic carbocycles. The van der Waals surface area contributed by atoms with Crippen LogP contribution >= 0.6 is 0 Å². The molecule has 4 heteroatoms. The van der Waals surface area contributed by atoms with Crippen LogP contribution in [-0.2, 0) is 14.3 Å². The average molecular weight is 269 g/mol. The molecule has 0 unspecified atom stereocenters. The quantitative estimate of drug-likeness (QED) is 0.796. The van der Waals surface area contributed by atoms with Gasteiger partial charge < -0.3 is 10.1 Å². The summed E-state index contributed by atoms with van der Waals surface area (Å²) < 4.78 is 4.82. The van der Waals surface area contributed by atoms with Crippen LogP contribution in [0.5, 0.6) is 0 Å². The highest BCUT2D eigenvalue weighted by Crippen LogP contribution is 2.34. The van der Waals surface area contributed by atoms with Crippen molar-refractivity contribution in [2.45, 2.75) is 19.3 Å². The molecule has 0 aromatic heterocycles. The number of carbonyl (C=O) groups is 2. The highest BCUT2D eigenvalue weighted by Gasteiger charge is 2.27. The van der Waals surface area contributed by atoms with Crippen molar-refractivity contribution in [3.8, 4) is 0 Å². The van der Waals surface area contributed by atoms with Gasteiger partial charge in [-0.25, -0.2) is 4.79 Å². The molecule has 1 aromatic rings. The summed E-state index contributed by atoms with van der Waals surface area (Å²) in [6, 6.07) is 7.73. The van der Waals surface area contributed by atoms with Crippen LogP contribution in [0.1, 0.15) is 24.8 Å². The number of nitrogens with one attached hydrogen (secondary N) is 1. The standard InChI is InChI=1S/C16H15NO3/c1-20-16(19)11-8-10-4-2-3-5-13(10)17-14-6-7-15(18)12(14)9-11/h2-5,8,17H,6-7,9H2,1H3/b11-8+. The van der Waals surface area contributed by atoms with Gasteiger partial charge >= 0.3 is 5.97 Å². The fourth-order valence-corrected chi connectivity index (χ4v) is 2.64. The van der Waals surface area contributed by atoms with Crippen LogP contribution in [0.4, 0.5) is 5.69 Å². The van der Waals surface area contributed by atoms with Crippen LogP contribution in [0.25, 0.3) is 6.08 Å². The molecule has 1 aromatic carbocycles. The van der Waals surface area contributed by atoms with E-state index >= 15 is 0 Å². The number of ether oxygens (including phenoxy) is 1. The SMILES string of the molecule is COC(=O)/C1=C/c2ccccc2NC2=C(C1)C(=O)CC2. The van der Waals surface area contributed by atoms with Crippen LogP contribution in [0.15, 0.2) is 41.1 Å². The fourth-order valence-electron chi connectivity index (χ4n) is 2.64. The molecule has 1 N–H and O–H groups in total. The molecule has 20 heavy (non-hydrogen) atoms. The number of rotatable bonds is 1. The molecule has 0 amide bonds. The summed E-state index contributed by atoms with van der Waals surface area (Å²) in [6.45, 7) is 0. The number of para-hydroxylation sites is 1. The topological polar surface area (TPSA) is 55.4 Å². The van der Waals surface area contributed by atoms with Crippen LogP contribution in [-0.4, -0.2) is 18.9 Å². The number of Topliss-reactive ketones (excluding diaryl/α,β-unsaturated/α-hetero) is 1. The Morgan fingerprint density at radius 1 is 1.25 bits per heavy atom. The van der Waals surface area contributed by atoms with Crippen molar-refractivity contribution < 1.29 is 14.3 Å². The molecule has 0 spiro atoms. The third-order valence-electron chi connectivity index (χ3n) is 3.69. The molecule has 0 saturated heterocycles. The first-order valence-electron chi connectivity index (χ1n) is 6.59. The number of esters is 1. The van der Waals surface area contributed by atoms with Crippen molar-refractivity contribution in [2.24, 2.45) is 0 Å². The molecular formula is C16H15NO3. The maximum atomic E-state index is 12.0. The summed E-state index contributed by atoms with van der Waals surface area (Å²) in [5.74, 6) is -0.269. The molecule has 0 saturated carbocycles. The second-order valence-corrected chi connectivity index (χ2v) is 4.93. The largest absolute Gasteiger partial charge is 0.466 e. The lowest BCUT2D eigenvalue weighted by molar-refractivity contribution is -0.136. The Balaban J connectivity index is 2.13. The number of methoxy groups -OCH3 is 1. The fraction of sp³-hybridized carbons (Fsp3) is 0.250. The van der Waals surface area contributed by atoms with Gasteiger partial charge in [-0.15, -0.1) is 0 Å². The Morgan fingerprint density at radius 2 is 2.05 bits per heavy atom. The molecule has 0 atom stereocenters. The number of allylic oxidation sites excluding steroid dienone is 2. The van der Waals surface area contributed by atoms with Gasteiger partial charge in [-0.2, -0.15) is 0 Å². The number of hydrogen-bond donors (Lipinski definition) is 1. The molecule has 3 rings (SSSR count). The van der Waals surface area contributed by atoms with E-state index in [2.05, 4.69) is 5.32 Å². The van der Waals surface area contributed by atoms with Crippen molar-refractivity contribution in [3.63, 3.8) is 0 Å². The lowest BCUT2D eigenvalue weighted by atomic mass is 9.98. The van der Waals surface area contributed by atoms with Crippen molar-refractivity contribution in [3.05, 3.63) is 46.7 Å². The van der Waals surface area contributed by atoms with E-state index in [1.165, 1.54) is 7.11 Å². The van der Waals surface area contributed by atoms with E-state index in [1.54, 1.807) is 6.08 Å². The Kier molecular flexibility index (Phi) is 3.14. The number of carbonyl (C=O) groups excluding carboxylic acids is 2. The molecule has 4 nitrogen and oxygen atoms in total. The molecular weight excluding hydrogens is 254 g/mol. The van der Waals surface area contributed by atoms with E-state index in [9.17, 15) is 9.59 Å². The van der Waals surface area contributed by atoms with Crippen molar-refractivity contribution in [2.75, 3.05) is 12.4 Å². The Hall–Kier alpha value is -2.36. The molecule has 1 heterocycles. The van der Waals surface area contributed by atoms with E-state index in [0.29, 0.717) is 30.4 Å². The maximum absolute atomic E-state index is 12.0. The summed E-state index contributed by atoms with van der Waals surface area (Å²) in [7, 11) is 1.36. The summed E-state index contributed by atoms with van der Waals surface area (Å²) in [5, 5.41) is 3.33. The first-order valence-corrected chi connectivity index (χ1v) is 6.59. The number of benzene rings is 1. The summed E-state index contributed by atoms with van der Waals surface area (Å²) in [5.41, 5.74) is 3.99. The van der Waals surface area contributed by atoms with E-state index in [4.69, 9.17) is 4.74 Å². The maximum Gasteiger partial charge on any atom is 0.334 e. The predicted molar refractivity (Wildman–Crippen MR) is 75.9 cm³/mol. The van der Waals surface area contributed by atoms with Gasteiger partial charge in [-0.3, -0.25) is 4.79 Å². The molecule has 0 fully saturated rings. The minimum Gasteiger partial charge on any atom is -0.466 e. The van der Waals surface area contributed by atoms with Crippen molar-refractivity contribution in [1.29, 1.82) is 0 Å². The van der Waals surface area contributed by atoms with Crippen LogP contribution in [0.2, 0.25) is 0 Å². The second kappa shape index (κ2) is 4.96. The van der Waals surface area contributed by atoms with Crippen LogP contribution in [0, 0.1) is 0 Å². The number of fused-ring (bicyclic) bond motifs is 1. The predicted octanol–water partition coefficient (Wildman–Crippen LogP) is 2.68. The molecule has 0 bridgehead atoms. The molecule has 2 aliphatic rings. The van der Waals surface area contributed by atoms with E-state index in [-0.39, 0.29) is 11.8 Å². The normalized spacial score (nSPS) is 20.1. The first kappa shape index (κ1) is 12.7. The van der Waals surface area contributed by atoms with Gasteiger partial charge in [0.25, 0.3) is 0 Å². The van der Waals surface area contributed by atoms with Gasteiger partial charge in [-0.05, 0) is 24.1 Å². The van der Waals surface area contributed by atoms with Gasteiger partial charge in [0.2, 0.25) is 0 Å². The van der Waals surface area contributed by atoms with Gasteiger partial charge in [0.1, 0.15) is 0 Å². The van der Waals surface area contributed by atoms with Gasteiger partial charge in [-0.1, -0.05) is 18.2 Å². The summed E-state index contributed by atoms with van der Waals surface area (Å²) in [6.07, 6.45) is 3.34. The lowest BCUT2D eigenvalue weighted by Crippen LogP contribution is -2.12. The first-order chi connectivity index (χ1) is 9.69. The lowest BCUT2D eigenvalue weighted by Gasteiger charge is -2.17. The second-order valence-electron chi connectivity index (χ2n) is 4.93. The van der Waals surface area contributed by atoms with E-state index in [1.807, 2.05) is 24.3 Å². The van der Waals surface area contributed by atoms with Gasteiger partial charge in [0.15, 0.2) is 5.78 Å². The third kappa shape index (κ3) is 2.13. The summed E-state index contributed by atoms with van der Waals surface area (Å²) in [4.78, 5) is 23.9. The van der Waals surface area contributed by atoms with Gasteiger partial charge in [0.05, 0.1) is 7.11 Å². The molecule has 0 radical (unpaired) electrons. The zero-order valence-corrected chi connectivity index (χ0v) is 11.2. The zero-order valence-electron chi connectivity index (χ0n) is 11.2. The third-order valence-corrected chi connectivity index (χ3v) is 3.69. The monoisotopic (exact) mass is 269 g/mol. The smallest absolute Gasteiger partial charge is 0.334 e. The highest BCUT2D eigenvalue weighted by atomic mass is 16.5. The Morgan fingerprint density at radius 3 is 2.85 bits per heavy atom. The highest BCUT2D eigenvalue weighted by molar-refractivity contribution is 6.04.